The van der Waals surface area contributed by atoms with Crippen molar-refractivity contribution in [3.8, 4) is 11.3 Å². The molecule has 4 rings (SSSR count). The van der Waals surface area contributed by atoms with Crippen molar-refractivity contribution in [2.45, 2.75) is 31.9 Å². The van der Waals surface area contributed by atoms with Gasteiger partial charge in [0, 0.05) is 31.6 Å². The average molecular weight is 560 g/mol. The Morgan fingerprint density at radius 2 is 1.61 bits per heavy atom. The summed E-state index contributed by atoms with van der Waals surface area (Å²) >= 11 is 6.30. The molecule has 14 heteroatoms. The van der Waals surface area contributed by atoms with Crippen molar-refractivity contribution in [2.24, 2.45) is 0 Å². The number of hydrogen-bond acceptors (Lipinski definition) is 6. The third-order valence-electron chi connectivity index (χ3n) is 5.66. The SMILES string of the molecule is CN(C)c1c(Cc2c(CO)noc2-c2ccccc2Cl)nnn1Cc1cc(C(F)(F)F)cc(C(F)(F)F)c1. The van der Waals surface area contributed by atoms with Gasteiger partial charge in [-0.05, 0) is 35.9 Å². The summed E-state index contributed by atoms with van der Waals surface area (Å²) in [5, 5.41) is 22.2. The van der Waals surface area contributed by atoms with Crippen molar-refractivity contribution in [1.82, 2.24) is 20.2 Å². The summed E-state index contributed by atoms with van der Waals surface area (Å²) in [6.45, 7) is -0.874. The van der Waals surface area contributed by atoms with Gasteiger partial charge in [-0.2, -0.15) is 26.3 Å². The zero-order valence-corrected chi connectivity index (χ0v) is 20.7. The summed E-state index contributed by atoms with van der Waals surface area (Å²) < 4.78 is 86.6. The monoisotopic (exact) mass is 559 g/mol. The third kappa shape index (κ3) is 5.63. The van der Waals surface area contributed by atoms with Crippen molar-refractivity contribution < 1.29 is 36.0 Å². The zero-order valence-electron chi connectivity index (χ0n) is 19.9. The number of aliphatic hydroxyl groups excluding tert-OH is 1. The number of aromatic nitrogens is 4. The number of alkyl halides is 6. The molecule has 38 heavy (non-hydrogen) atoms. The molecule has 0 saturated heterocycles. The van der Waals surface area contributed by atoms with Crippen molar-refractivity contribution >= 4 is 17.4 Å². The second-order valence-corrected chi connectivity index (χ2v) is 8.98. The van der Waals surface area contributed by atoms with Crippen molar-refractivity contribution in [3.05, 3.63) is 81.1 Å². The van der Waals surface area contributed by atoms with E-state index in [4.69, 9.17) is 16.1 Å². The molecule has 0 amide bonds. The lowest BCUT2D eigenvalue weighted by molar-refractivity contribution is -0.143. The quantitative estimate of drug-likeness (QED) is 0.287. The average Bonchev–Trinajstić information content (AvgIpc) is 3.42. The van der Waals surface area contributed by atoms with Gasteiger partial charge in [-0.15, -0.1) is 5.10 Å². The van der Waals surface area contributed by atoms with Crippen LogP contribution in [0.2, 0.25) is 5.02 Å². The number of aliphatic hydroxyl groups is 1. The van der Waals surface area contributed by atoms with Crippen LogP contribution in [0.15, 0.2) is 47.0 Å². The van der Waals surface area contributed by atoms with E-state index in [0.717, 1.165) is 0 Å². The molecule has 2 heterocycles. The van der Waals surface area contributed by atoms with Gasteiger partial charge in [-0.1, -0.05) is 34.1 Å². The molecule has 0 fully saturated rings. The smallest absolute Gasteiger partial charge is 0.390 e. The maximum Gasteiger partial charge on any atom is 0.416 e. The molecule has 0 aliphatic carbocycles. The zero-order chi connectivity index (χ0) is 27.8. The number of halogens is 7. The number of hydrogen-bond donors (Lipinski definition) is 1. The van der Waals surface area contributed by atoms with Gasteiger partial charge in [0.05, 0.1) is 29.3 Å². The van der Waals surface area contributed by atoms with Gasteiger partial charge in [0.1, 0.15) is 11.4 Å². The molecule has 7 nitrogen and oxygen atoms in total. The van der Waals surface area contributed by atoms with Gasteiger partial charge in [-0.3, -0.25) is 0 Å². The van der Waals surface area contributed by atoms with E-state index in [-0.39, 0.29) is 29.5 Å². The van der Waals surface area contributed by atoms with Crippen LogP contribution in [0.4, 0.5) is 32.2 Å². The normalized spacial score (nSPS) is 12.3. The van der Waals surface area contributed by atoms with E-state index in [0.29, 0.717) is 39.8 Å². The molecule has 4 aromatic rings. The molecule has 202 valence electrons. The first-order valence-corrected chi connectivity index (χ1v) is 11.4. The molecule has 0 atom stereocenters. The Morgan fingerprint density at radius 3 is 2.16 bits per heavy atom. The summed E-state index contributed by atoms with van der Waals surface area (Å²) in [6.07, 6.45) is -9.92. The minimum atomic E-state index is -4.97. The molecule has 1 N–H and O–H groups in total. The topological polar surface area (TPSA) is 80.2 Å². The van der Waals surface area contributed by atoms with Crippen molar-refractivity contribution in [1.29, 1.82) is 0 Å². The van der Waals surface area contributed by atoms with E-state index in [2.05, 4.69) is 15.5 Å². The minimum Gasteiger partial charge on any atom is -0.390 e. The summed E-state index contributed by atoms with van der Waals surface area (Å²) in [5.41, 5.74) is -1.60. The molecule has 0 unspecified atom stereocenters. The van der Waals surface area contributed by atoms with Gasteiger partial charge in [0.15, 0.2) is 11.6 Å². The second-order valence-electron chi connectivity index (χ2n) is 8.58. The maximum atomic E-state index is 13.3. The first-order chi connectivity index (χ1) is 17.8. The van der Waals surface area contributed by atoms with Crippen LogP contribution in [-0.4, -0.2) is 39.4 Å². The van der Waals surface area contributed by atoms with E-state index in [1.165, 1.54) is 4.68 Å². The Balaban J connectivity index is 1.75. The van der Waals surface area contributed by atoms with Crippen LogP contribution in [0.3, 0.4) is 0 Å². The lowest BCUT2D eigenvalue weighted by Crippen LogP contribution is -2.18. The standard InChI is InChI=1S/C24H20ClF6N5O2/c1-35(2)22-19(10-17-20(12-37)33-38-21(17)16-5-3-4-6-18(16)25)32-34-36(22)11-13-7-14(23(26,27)28)9-15(8-13)24(29,30)31/h3-9,37H,10-12H2,1-2H3. The predicted molar refractivity (Wildman–Crippen MR) is 126 cm³/mol. The van der Waals surface area contributed by atoms with E-state index in [1.807, 2.05) is 0 Å². The largest absolute Gasteiger partial charge is 0.416 e. The molecular weight excluding hydrogens is 540 g/mol. The van der Waals surface area contributed by atoms with Crippen LogP contribution >= 0.6 is 11.6 Å². The Labute approximate surface area is 217 Å². The molecule has 0 bridgehead atoms. The molecule has 0 radical (unpaired) electrons. The Kier molecular flexibility index (Phi) is 7.44. The molecule has 0 saturated carbocycles. The summed E-state index contributed by atoms with van der Waals surface area (Å²) in [4.78, 5) is 1.58. The fourth-order valence-corrected chi connectivity index (χ4v) is 4.23. The predicted octanol–water partition coefficient (Wildman–Crippen LogP) is 5.82. The van der Waals surface area contributed by atoms with Crippen LogP contribution in [-0.2, 0) is 31.9 Å². The summed E-state index contributed by atoms with van der Waals surface area (Å²) in [5.74, 6) is 0.609. The lowest BCUT2D eigenvalue weighted by Gasteiger charge is -2.18. The molecular formula is C24H20ClF6N5O2. The summed E-state index contributed by atoms with van der Waals surface area (Å²) in [7, 11) is 3.25. The van der Waals surface area contributed by atoms with Crippen LogP contribution in [0.25, 0.3) is 11.3 Å². The second kappa shape index (κ2) is 10.3. The molecule has 0 aliphatic rings. The molecule has 0 aliphatic heterocycles. The fourth-order valence-electron chi connectivity index (χ4n) is 4.01. The number of nitrogens with zero attached hydrogens (tertiary/aromatic N) is 5. The highest BCUT2D eigenvalue weighted by atomic mass is 35.5. The van der Waals surface area contributed by atoms with E-state index in [9.17, 15) is 31.4 Å². The minimum absolute atomic E-state index is 0.0316. The highest BCUT2D eigenvalue weighted by Crippen LogP contribution is 2.37. The summed E-state index contributed by atoms with van der Waals surface area (Å²) in [6, 6.07) is 8.17. The number of rotatable bonds is 7. The lowest BCUT2D eigenvalue weighted by atomic mass is 10.0. The maximum absolute atomic E-state index is 13.3. The van der Waals surface area contributed by atoms with Gasteiger partial charge >= 0.3 is 12.4 Å². The Hall–Kier alpha value is -3.58. The molecule has 2 aromatic heterocycles. The highest BCUT2D eigenvalue weighted by Gasteiger charge is 2.37. The Morgan fingerprint density at radius 1 is 0.974 bits per heavy atom. The van der Waals surface area contributed by atoms with E-state index >= 15 is 0 Å². The van der Waals surface area contributed by atoms with Crippen LogP contribution < -0.4 is 4.90 Å². The first-order valence-electron chi connectivity index (χ1n) is 11.0. The number of anilines is 1. The van der Waals surface area contributed by atoms with Gasteiger partial charge in [-0.25, -0.2) is 4.68 Å². The Bertz CT molecular complexity index is 1410. The molecule has 0 spiro atoms. The van der Waals surface area contributed by atoms with Gasteiger partial charge < -0.3 is 14.5 Å². The van der Waals surface area contributed by atoms with Crippen LogP contribution in [0, 0.1) is 0 Å². The number of benzene rings is 2. The third-order valence-corrected chi connectivity index (χ3v) is 5.99. The van der Waals surface area contributed by atoms with Crippen molar-refractivity contribution in [2.75, 3.05) is 19.0 Å². The van der Waals surface area contributed by atoms with Gasteiger partial charge in [0.25, 0.3) is 0 Å². The van der Waals surface area contributed by atoms with E-state index in [1.54, 1.807) is 43.3 Å². The van der Waals surface area contributed by atoms with Crippen LogP contribution in [0.1, 0.15) is 33.6 Å². The van der Waals surface area contributed by atoms with E-state index < -0.39 is 36.6 Å². The molecule has 2 aromatic carbocycles. The highest BCUT2D eigenvalue weighted by molar-refractivity contribution is 6.33. The van der Waals surface area contributed by atoms with Crippen molar-refractivity contribution in [3.63, 3.8) is 0 Å². The fraction of sp³-hybridized carbons (Fsp3) is 0.292. The van der Waals surface area contributed by atoms with Crippen LogP contribution in [0.5, 0.6) is 0 Å². The first kappa shape index (κ1) is 27.5. The van der Waals surface area contributed by atoms with Gasteiger partial charge in [0.2, 0.25) is 0 Å².